The lowest BCUT2D eigenvalue weighted by Gasteiger charge is -1.99. The summed E-state index contributed by atoms with van der Waals surface area (Å²) in [6.45, 7) is 0.319. The lowest BCUT2D eigenvalue weighted by molar-refractivity contribution is 0.824. The van der Waals surface area contributed by atoms with E-state index in [2.05, 4.69) is 17.8 Å². The summed E-state index contributed by atoms with van der Waals surface area (Å²) in [4.78, 5) is 0. The molecule has 0 rings (SSSR count). The summed E-state index contributed by atoms with van der Waals surface area (Å²) in [6.07, 6.45) is 17.4. The molecule has 2 N–H and O–H groups in total. The van der Waals surface area contributed by atoms with Crippen molar-refractivity contribution < 1.29 is 5.48 Å². The molecule has 0 saturated heterocycles. The first-order valence-electron chi connectivity index (χ1n) is 3.15. The highest BCUT2D eigenvalue weighted by molar-refractivity contribution is 6.61. The largest absolute Gasteiger partial charge is 0.412 e. The van der Waals surface area contributed by atoms with Crippen LogP contribution in [0.5, 0.6) is 0 Å². The molecule has 11 heavy (non-hydrogen) atoms. The van der Waals surface area contributed by atoms with Crippen LogP contribution in [0.25, 0.3) is 0 Å². The van der Waals surface area contributed by atoms with Crippen molar-refractivity contribution in [2.45, 2.75) is 19.0 Å². The molecule has 0 spiro atoms. The van der Waals surface area contributed by atoms with Crippen molar-refractivity contribution in [2.24, 2.45) is 0 Å². The van der Waals surface area contributed by atoms with E-state index in [-0.39, 0.29) is 5.48 Å². The van der Waals surface area contributed by atoms with Gasteiger partial charge in [-0.05, 0) is 19.0 Å². The monoisotopic (exact) mass is 146 g/mol. The van der Waals surface area contributed by atoms with Crippen LogP contribution in [0.15, 0.2) is 0 Å². The van der Waals surface area contributed by atoms with Gasteiger partial charge in [0.1, 0.15) is 0 Å². The fourth-order valence-electron chi connectivity index (χ4n) is 0.717. The first-order valence-corrected chi connectivity index (χ1v) is 3.15. The van der Waals surface area contributed by atoms with Gasteiger partial charge in [0.25, 0.3) is 0 Å². The molecule has 0 bridgehead atoms. The minimum Gasteiger partial charge on any atom is -0.412 e. The first kappa shape index (κ1) is 12.4. The molecule has 0 aliphatic carbocycles. The van der Waals surface area contributed by atoms with E-state index in [9.17, 15) is 0 Å². The van der Waals surface area contributed by atoms with Crippen LogP contribution in [0.3, 0.4) is 0 Å². The molecule has 0 aliphatic heterocycles. The Morgan fingerprint density at radius 1 is 0.818 bits per heavy atom. The number of hydrogen-bond donors (Lipinski definition) is 0. The van der Waals surface area contributed by atoms with Gasteiger partial charge < -0.3 is 5.48 Å². The average molecular weight is 146 g/mol. The zero-order chi connectivity index (χ0) is 7.82. The van der Waals surface area contributed by atoms with E-state index in [0.29, 0.717) is 25.7 Å². The molecule has 0 aromatic carbocycles. The highest BCUT2D eigenvalue weighted by Gasteiger charge is 2.07. The Morgan fingerprint density at radius 3 is 1.27 bits per heavy atom. The van der Waals surface area contributed by atoms with Crippen LogP contribution in [0, 0.1) is 37.0 Å². The molecule has 0 fully saturated rings. The highest BCUT2D eigenvalue weighted by atomic mass is 16.0. The summed E-state index contributed by atoms with van der Waals surface area (Å²) in [5.74, 6) is 7.64. The SMILES string of the molecule is C#CCB(CC#C)CC#C.O. The standard InChI is InChI=1S/C9H9B.H2O/c1-4-7-10(8-5-2)9-6-3;/h1-3H,7-9H2;1H2. The van der Waals surface area contributed by atoms with Gasteiger partial charge >= 0.3 is 0 Å². The number of terminal acetylenes is 3. The molecule has 2 heteroatoms. The Kier molecular flexibility index (Phi) is 9.80. The molecule has 0 aromatic heterocycles. The molecule has 0 aromatic rings. The van der Waals surface area contributed by atoms with Crippen LogP contribution in [0.2, 0.25) is 19.0 Å². The van der Waals surface area contributed by atoms with Crippen LogP contribution in [0.1, 0.15) is 0 Å². The van der Waals surface area contributed by atoms with E-state index in [0.717, 1.165) is 0 Å². The van der Waals surface area contributed by atoms with E-state index in [4.69, 9.17) is 19.3 Å². The smallest absolute Gasteiger partial charge is 0.180 e. The van der Waals surface area contributed by atoms with Gasteiger partial charge in [-0.1, -0.05) is 0 Å². The molecule has 0 saturated carbocycles. The maximum atomic E-state index is 5.10. The molecule has 0 amide bonds. The van der Waals surface area contributed by atoms with Crippen molar-refractivity contribution in [3.63, 3.8) is 0 Å². The minimum absolute atomic E-state index is 0. The Hall–Kier alpha value is -1.30. The maximum Gasteiger partial charge on any atom is 0.180 e. The van der Waals surface area contributed by atoms with Gasteiger partial charge in [0, 0.05) is 0 Å². The topological polar surface area (TPSA) is 31.5 Å². The van der Waals surface area contributed by atoms with E-state index >= 15 is 0 Å². The predicted octanol–water partition coefficient (Wildman–Crippen LogP) is 0.556. The zero-order valence-electron chi connectivity index (χ0n) is 6.43. The van der Waals surface area contributed by atoms with Crippen LogP contribution < -0.4 is 0 Å². The molecule has 0 radical (unpaired) electrons. The van der Waals surface area contributed by atoms with Gasteiger partial charge in [-0.3, -0.25) is 0 Å². The van der Waals surface area contributed by atoms with E-state index in [1.54, 1.807) is 0 Å². The third-order valence-electron chi connectivity index (χ3n) is 1.22. The van der Waals surface area contributed by atoms with Crippen molar-refractivity contribution in [3.8, 4) is 37.0 Å². The van der Waals surface area contributed by atoms with Gasteiger partial charge in [-0.15, -0.1) is 37.0 Å². The summed E-state index contributed by atoms with van der Waals surface area (Å²) < 4.78 is 0. The predicted molar refractivity (Wildman–Crippen MR) is 50.3 cm³/mol. The Balaban J connectivity index is 0. The van der Waals surface area contributed by atoms with E-state index < -0.39 is 0 Å². The van der Waals surface area contributed by atoms with Gasteiger partial charge in [0.2, 0.25) is 0 Å². The third-order valence-corrected chi connectivity index (χ3v) is 1.22. The van der Waals surface area contributed by atoms with Crippen LogP contribution in [-0.2, 0) is 0 Å². The van der Waals surface area contributed by atoms with Crippen molar-refractivity contribution in [1.82, 2.24) is 0 Å². The number of hydrogen-bond acceptors (Lipinski definition) is 0. The fourth-order valence-corrected chi connectivity index (χ4v) is 0.717. The van der Waals surface area contributed by atoms with Crippen molar-refractivity contribution >= 4 is 6.71 Å². The second-order valence-corrected chi connectivity index (χ2v) is 2.09. The highest BCUT2D eigenvalue weighted by Crippen LogP contribution is 2.02. The van der Waals surface area contributed by atoms with Gasteiger partial charge in [-0.25, -0.2) is 0 Å². The van der Waals surface area contributed by atoms with Crippen molar-refractivity contribution in [2.75, 3.05) is 0 Å². The fraction of sp³-hybridized carbons (Fsp3) is 0.333. The van der Waals surface area contributed by atoms with Gasteiger partial charge in [0.05, 0.1) is 0 Å². The molecule has 1 nitrogen and oxygen atoms in total. The summed E-state index contributed by atoms with van der Waals surface area (Å²) in [7, 11) is 0. The summed E-state index contributed by atoms with van der Waals surface area (Å²) in [5.41, 5.74) is 0. The molecule has 0 aliphatic rings. The second-order valence-electron chi connectivity index (χ2n) is 2.09. The molecular weight excluding hydrogens is 135 g/mol. The number of rotatable bonds is 3. The summed E-state index contributed by atoms with van der Waals surface area (Å²) >= 11 is 0. The first-order chi connectivity index (χ1) is 4.85. The lowest BCUT2D eigenvalue weighted by Crippen LogP contribution is -2.08. The second kappa shape index (κ2) is 8.70. The molecule has 0 heterocycles. The van der Waals surface area contributed by atoms with Crippen LogP contribution >= 0.6 is 0 Å². The maximum absolute atomic E-state index is 5.10. The normalized spacial score (nSPS) is 6.27. The average Bonchev–Trinajstić information content (AvgIpc) is 1.90. The summed E-state index contributed by atoms with van der Waals surface area (Å²) in [5, 5.41) is 0. The van der Waals surface area contributed by atoms with Crippen molar-refractivity contribution in [1.29, 1.82) is 0 Å². The van der Waals surface area contributed by atoms with E-state index in [1.165, 1.54) is 0 Å². The lowest BCUT2D eigenvalue weighted by atomic mass is 9.43. The molecule has 0 atom stereocenters. The van der Waals surface area contributed by atoms with E-state index in [1.807, 2.05) is 0 Å². The Morgan fingerprint density at radius 2 is 1.09 bits per heavy atom. The van der Waals surface area contributed by atoms with Gasteiger partial charge in [-0.2, -0.15) is 0 Å². The summed E-state index contributed by atoms with van der Waals surface area (Å²) in [6, 6.07) is 0. The molecular formula is C9H11BO. The van der Waals surface area contributed by atoms with Gasteiger partial charge in [0.15, 0.2) is 6.71 Å². The van der Waals surface area contributed by atoms with Crippen LogP contribution in [-0.4, -0.2) is 12.2 Å². The third kappa shape index (κ3) is 6.59. The Bertz CT molecular complexity index is 163. The zero-order valence-corrected chi connectivity index (χ0v) is 6.43. The van der Waals surface area contributed by atoms with Crippen LogP contribution in [0.4, 0.5) is 0 Å². The van der Waals surface area contributed by atoms with Crippen molar-refractivity contribution in [3.05, 3.63) is 0 Å². The minimum atomic E-state index is 0. The molecule has 0 unspecified atom stereocenters. The quantitative estimate of drug-likeness (QED) is 0.411. The Labute approximate surface area is 69.0 Å². The molecule has 56 valence electrons.